The van der Waals surface area contributed by atoms with Crippen molar-refractivity contribution in [2.24, 2.45) is 0 Å². The first-order chi connectivity index (χ1) is 15.8. The Balaban J connectivity index is 1.75. The Bertz CT molecular complexity index is 1090. The molecular weight excluding hydrogens is 555 g/mol. The van der Waals surface area contributed by atoms with Crippen LogP contribution in [0.1, 0.15) is 31.4 Å². The number of anilines is 1. The highest BCUT2D eigenvalue weighted by molar-refractivity contribution is 14.1. The van der Waals surface area contributed by atoms with Crippen molar-refractivity contribution in [1.82, 2.24) is 4.90 Å². The second-order valence-electron chi connectivity index (χ2n) is 7.30. The summed E-state index contributed by atoms with van der Waals surface area (Å²) in [4.78, 5) is 38.6. The van der Waals surface area contributed by atoms with E-state index in [0.717, 1.165) is 20.9 Å². The fraction of sp³-hybridized carbons (Fsp3) is 0.292. The van der Waals surface area contributed by atoms with Crippen molar-refractivity contribution < 1.29 is 23.9 Å². The Morgan fingerprint density at radius 2 is 1.88 bits per heavy atom. The van der Waals surface area contributed by atoms with E-state index in [1.54, 1.807) is 12.1 Å². The van der Waals surface area contributed by atoms with Crippen LogP contribution >= 0.6 is 34.4 Å². The number of halogens is 1. The van der Waals surface area contributed by atoms with Crippen molar-refractivity contribution in [3.63, 3.8) is 0 Å². The number of imide groups is 1. The van der Waals surface area contributed by atoms with Crippen LogP contribution in [0, 0.1) is 10.5 Å². The van der Waals surface area contributed by atoms with Crippen molar-refractivity contribution in [1.29, 1.82) is 0 Å². The van der Waals surface area contributed by atoms with E-state index in [0.29, 0.717) is 47.2 Å². The van der Waals surface area contributed by atoms with Gasteiger partial charge in [0.05, 0.1) is 15.1 Å². The molecule has 0 atom stereocenters. The van der Waals surface area contributed by atoms with Crippen LogP contribution in [0.3, 0.4) is 0 Å². The molecule has 33 heavy (non-hydrogen) atoms. The number of benzene rings is 2. The lowest BCUT2D eigenvalue weighted by Crippen LogP contribution is -2.28. The summed E-state index contributed by atoms with van der Waals surface area (Å²) >= 11 is 3.04. The van der Waals surface area contributed by atoms with E-state index in [-0.39, 0.29) is 23.7 Å². The monoisotopic (exact) mass is 580 g/mol. The second kappa shape index (κ2) is 11.6. The van der Waals surface area contributed by atoms with E-state index in [1.807, 2.05) is 51.1 Å². The van der Waals surface area contributed by atoms with Crippen LogP contribution in [0.25, 0.3) is 6.08 Å². The summed E-state index contributed by atoms with van der Waals surface area (Å²) in [7, 11) is 0. The highest BCUT2D eigenvalue weighted by Gasteiger charge is 2.34. The lowest BCUT2D eigenvalue weighted by atomic mass is 10.2. The molecule has 3 amide bonds. The van der Waals surface area contributed by atoms with Gasteiger partial charge in [-0.25, -0.2) is 0 Å². The summed E-state index contributed by atoms with van der Waals surface area (Å²) in [5.74, 6) is 0.345. The van der Waals surface area contributed by atoms with Gasteiger partial charge in [0.1, 0.15) is 0 Å². The van der Waals surface area contributed by atoms with Gasteiger partial charge in [0.15, 0.2) is 18.1 Å². The van der Waals surface area contributed by atoms with Crippen LogP contribution in [0.5, 0.6) is 11.5 Å². The molecular formula is C24H25IN2O5S. The number of carbonyl (C=O) groups is 3. The molecule has 0 spiro atoms. The average molecular weight is 580 g/mol. The maximum atomic E-state index is 12.5. The van der Waals surface area contributed by atoms with Gasteiger partial charge in [0.2, 0.25) is 0 Å². The maximum Gasteiger partial charge on any atom is 0.293 e. The number of carbonyl (C=O) groups excluding carboxylic acids is 3. The Hall–Kier alpha value is -2.53. The fourth-order valence-electron chi connectivity index (χ4n) is 3.11. The molecule has 1 heterocycles. The van der Waals surface area contributed by atoms with Crippen molar-refractivity contribution in [3.05, 3.63) is 56.0 Å². The third kappa shape index (κ3) is 6.50. The van der Waals surface area contributed by atoms with Gasteiger partial charge in [-0.2, -0.15) is 0 Å². The van der Waals surface area contributed by atoms with Crippen molar-refractivity contribution in [2.75, 3.05) is 25.1 Å². The minimum Gasteiger partial charge on any atom is -0.490 e. The minimum atomic E-state index is -0.286. The number of hydrogen-bond donors (Lipinski definition) is 1. The standard InChI is InChI=1S/C24H25IN2O5S/c1-4-10-27-23(29)20(33-24(27)30)13-16-11-18(25)22(19(12-16)31-5-2)32-14-21(28)26-17-8-6-15(3)7-9-17/h6-9,11-13H,4-5,10,14H2,1-3H3,(H,26,28)/b20-13+. The second-order valence-corrected chi connectivity index (χ2v) is 9.45. The summed E-state index contributed by atoms with van der Waals surface area (Å²) in [5, 5.41) is 2.54. The number of amides is 3. The van der Waals surface area contributed by atoms with Crippen LogP contribution < -0.4 is 14.8 Å². The van der Waals surface area contributed by atoms with Gasteiger partial charge < -0.3 is 14.8 Å². The Morgan fingerprint density at radius 1 is 1.15 bits per heavy atom. The molecule has 1 aliphatic rings. The summed E-state index contributed by atoms with van der Waals surface area (Å²) in [5.41, 5.74) is 2.51. The molecule has 2 aromatic rings. The smallest absolute Gasteiger partial charge is 0.293 e. The lowest BCUT2D eigenvalue weighted by molar-refractivity contribution is -0.122. The van der Waals surface area contributed by atoms with Crippen LogP contribution in [0.2, 0.25) is 0 Å². The van der Waals surface area contributed by atoms with E-state index in [4.69, 9.17) is 9.47 Å². The van der Waals surface area contributed by atoms with Crippen LogP contribution in [0.15, 0.2) is 41.3 Å². The van der Waals surface area contributed by atoms with E-state index in [1.165, 1.54) is 4.90 Å². The molecule has 0 bridgehead atoms. The zero-order valence-electron chi connectivity index (χ0n) is 18.6. The summed E-state index contributed by atoms with van der Waals surface area (Å²) < 4.78 is 12.2. The molecule has 2 aromatic carbocycles. The van der Waals surface area contributed by atoms with E-state index in [9.17, 15) is 14.4 Å². The van der Waals surface area contributed by atoms with Gasteiger partial charge in [0, 0.05) is 12.2 Å². The first-order valence-electron chi connectivity index (χ1n) is 10.5. The Kier molecular flexibility index (Phi) is 8.79. The molecule has 7 nitrogen and oxygen atoms in total. The number of aryl methyl sites for hydroxylation is 1. The predicted octanol–water partition coefficient (Wildman–Crippen LogP) is 5.46. The van der Waals surface area contributed by atoms with Gasteiger partial charge in [-0.05, 0) is 90.5 Å². The molecule has 3 rings (SSSR count). The molecule has 0 saturated carbocycles. The zero-order valence-corrected chi connectivity index (χ0v) is 21.6. The van der Waals surface area contributed by atoms with Crippen LogP contribution in [-0.2, 0) is 9.59 Å². The normalized spacial score (nSPS) is 14.7. The number of rotatable bonds is 9. The molecule has 1 saturated heterocycles. The molecule has 174 valence electrons. The van der Waals surface area contributed by atoms with Gasteiger partial charge in [-0.15, -0.1) is 0 Å². The molecule has 1 fully saturated rings. The Morgan fingerprint density at radius 3 is 2.55 bits per heavy atom. The van der Waals surface area contributed by atoms with Gasteiger partial charge in [-0.1, -0.05) is 24.6 Å². The molecule has 0 unspecified atom stereocenters. The predicted molar refractivity (Wildman–Crippen MR) is 139 cm³/mol. The Labute approximate surface area is 211 Å². The van der Waals surface area contributed by atoms with Gasteiger partial charge >= 0.3 is 0 Å². The van der Waals surface area contributed by atoms with Gasteiger partial charge in [-0.3, -0.25) is 19.3 Å². The summed E-state index contributed by atoms with van der Waals surface area (Å²) in [6.45, 7) is 6.37. The van der Waals surface area contributed by atoms with E-state index >= 15 is 0 Å². The first kappa shape index (κ1) is 25.1. The fourth-order valence-corrected chi connectivity index (χ4v) is 4.76. The number of nitrogens with zero attached hydrogens (tertiary/aromatic N) is 1. The minimum absolute atomic E-state index is 0.181. The number of hydrogen-bond acceptors (Lipinski definition) is 6. The highest BCUT2D eigenvalue weighted by atomic mass is 127. The number of nitrogens with one attached hydrogen (secondary N) is 1. The van der Waals surface area contributed by atoms with E-state index < -0.39 is 0 Å². The highest BCUT2D eigenvalue weighted by Crippen LogP contribution is 2.37. The molecule has 1 aliphatic heterocycles. The van der Waals surface area contributed by atoms with Crippen molar-refractivity contribution >= 4 is 63.2 Å². The molecule has 1 N–H and O–H groups in total. The van der Waals surface area contributed by atoms with E-state index in [2.05, 4.69) is 27.9 Å². The summed E-state index contributed by atoms with van der Waals surface area (Å²) in [6.07, 6.45) is 2.39. The molecule has 0 aliphatic carbocycles. The van der Waals surface area contributed by atoms with Crippen LogP contribution in [-0.4, -0.2) is 41.7 Å². The maximum absolute atomic E-state index is 12.5. The number of thioether (sulfide) groups is 1. The molecule has 0 aromatic heterocycles. The topological polar surface area (TPSA) is 84.9 Å². The SMILES string of the molecule is CCCN1C(=O)S/C(=C/c2cc(I)c(OCC(=O)Nc3ccc(C)cc3)c(OCC)c2)C1=O. The van der Waals surface area contributed by atoms with Crippen LogP contribution in [0.4, 0.5) is 10.5 Å². The number of ether oxygens (including phenoxy) is 2. The summed E-state index contributed by atoms with van der Waals surface area (Å²) in [6, 6.07) is 11.1. The third-order valence-corrected chi connectivity index (χ3v) is 6.34. The third-order valence-electron chi connectivity index (χ3n) is 4.63. The van der Waals surface area contributed by atoms with Crippen molar-refractivity contribution in [3.8, 4) is 11.5 Å². The van der Waals surface area contributed by atoms with Crippen molar-refractivity contribution in [2.45, 2.75) is 27.2 Å². The van der Waals surface area contributed by atoms with Gasteiger partial charge in [0.25, 0.3) is 17.1 Å². The quantitative estimate of drug-likeness (QED) is 0.313. The molecule has 0 radical (unpaired) electrons. The largest absolute Gasteiger partial charge is 0.490 e. The lowest BCUT2D eigenvalue weighted by Gasteiger charge is -2.15. The first-order valence-corrected chi connectivity index (χ1v) is 12.4. The average Bonchev–Trinajstić information content (AvgIpc) is 3.02. The molecule has 9 heteroatoms. The zero-order chi connectivity index (χ0) is 24.0.